The minimum absolute atomic E-state index is 0.400. The van der Waals surface area contributed by atoms with Crippen LogP contribution in [0.3, 0.4) is 0 Å². The highest BCUT2D eigenvalue weighted by Crippen LogP contribution is 2.40. The van der Waals surface area contributed by atoms with Gasteiger partial charge >= 0.3 is 0 Å². The van der Waals surface area contributed by atoms with Crippen molar-refractivity contribution in [2.24, 2.45) is 0 Å². The van der Waals surface area contributed by atoms with Crippen LogP contribution in [0.5, 0.6) is 17.4 Å². The highest BCUT2D eigenvalue weighted by atomic mass is 35.5. The molecule has 0 aliphatic rings. The molecule has 0 atom stereocenters. The van der Waals surface area contributed by atoms with E-state index < -0.39 is 0 Å². The Kier molecular flexibility index (Phi) is 6.57. The molecule has 1 heterocycles. The summed E-state index contributed by atoms with van der Waals surface area (Å²) in [5, 5.41) is 1.20. The van der Waals surface area contributed by atoms with Gasteiger partial charge in [0.1, 0.15) is 27.6 Å². The fourth-order valence-electron chi connectivity index (χ4n) is 2.47. The van der Waals surface area contributed by atoms with Crippen molar-refractivity contribution in [2.45, 2.75) is 32.6 Å². The molecule has 0 fully saturated rings. The second-order valence-electron chi connectivity index (χ2n) is 5.27. The molecule has 0 saturated carbocycles. The van der Waals surface area contributed by atoms with Gasteiger partial charge in [0.2, 0.25) is 5.88 Å². The maximum absolute atomic E-state index is 6.38. The molecule has 0 spiro atoms. The molecule has 24 heavy (non-hydrogen) atoms. The van der Waals surface area contributed by atoms with Crippen molar-refractivity contribution in [2.75, 3.05) is 21.3 Å². The van der Waals surface area contributed by atoms with Crippen molar-refractivity contribution in [1.29, 1.82) is 0 Å². The lowest BCUT2D eigenvalue weighted by atomic mass is 10.1. The van der Waals surface area contributed by atoms with Crippen LogP contribution in [-0.2, 0) is 0 Å². The number of halogens is 1. The Bertz CT molecular complexity index is 778. The Morgan fingerprint density at radius 1 is 1.08 bits per heavy atom. The fourth-order valence-corrected chi connectivity index (χ4v) is 2.75. The van der Waals surface area contributed by atoms with Gasteiger partial charge in [-0.05, 0) is 18.6 Å². The highest BCUT2D eigenvalue weighted by molar-refractivity contribution is 6.36. The van der Waals surface area contributed by atoms with Gasteiger partial charge in [-0.15, -0.1) is 0 Å². The van der Waals surface area contributed by atoms with E-state index in [0.29, 0.717) is 33.5 Å². The minimum Gasteiger partial charge on any atom is -0.495 e. The first-order chi connectivity index (χ1) is 11.7. The molecule has 1 aromatic heterocycles. The average Bonchev–Trinajstić information content (AvgIpc) is 2.61. The van der Waals surface area contributed by atoms with E-state index in [2.05, 4.69) is 23.7 Å². The third-order valence-corrected chi connectivity index (χ3v) is 4.08. The van der Waals surface area contributed by atoms with E-state index in [0.717, 1.165) is 18.2 Å². The summed E-state index contributed by atoms with van der Waals surface area (Å²) in [5.41, 5.74) is 1.21. The van der Waals surface area contributed by atoms with E-state index in [1.165, 1.54) is 12.8 Å². The van der Waals surface area contributed by atoms with Crippen molar-refractivity contribution in [3.05, 3.63) is 22.7 Å². The van der Waals surface area contributed by atoms with E-state index in [1.54, 1.807) is 27.4 Å². The largest absolute Gasteiger partial charge is 0.495 e. The summed E-state index contributed by atoms with van der Waals surface area (Å²) in [4.78, 5) is 4.51. The van der Waals surface area contributed by atoms with E-state index in [4.69, 9.17) is 25.8 Å². The second-order valence-corrected chi connectivity index (χ2v) is 5.64. The topological polar surface area (TPSA) is 40.6 Å². The molecule has 0 unspecified atom stereocenters. The summed E-state index contributed by atoms with van der Waals surface area (Å²) in [6.07, 6.45) is 4.26. The maximum Gasteiger partial charge on any atom is 0.233 e. The van der Waals surface area contributed by atoms with Crippen LogP contribution in [0, 0.1) is 11.8 Å². The van der Waals surface area contributed by atoms with Crippen LogP contribution < -0.4 is 14.2 Å². The maximum atomic E-state index is 6.38. The van der Waals surface area contributed by atoms with Crippen LogP contribution in [0.4, 0.5) is 0 Å². The number of rotatable bonds is 6. The van der Waals surface area contributed by atoms with E-state index in [9.17, 15) is 0 Å². The molecular formula is C19H22ClNO3. The molecule has 0 saturated heterocycles. The minimum atomic E-state index is 0.400. The van der Waals surface area contributed by atoms with Crippen LogP contribution in [0.2, 0.25) is 5.02 Å². The van der Waals surface area contributed by atoms with Gasteiger partial charge in [-0.2, -0.15) is 0 Å². The van der Waals surface area contributed by atoms with Crippen molar-refractivity contribution >= 4 is 22.5 Å². The zero-order chi connectivity index (χ0) is 17.5. The summed E-state index contributed by atoms with van der Waals surface area (Å²) >= 11 is 6.38. The standard InChI is InChI=1S/C19H22ClNO3/c1-5-6-7-8-9-10-14-18(23-3)13-11-12-15(22-2)16(20)17(13)21-19(14)24-4/h11-12H,5-8H2,1-4H3. The van der Waals surface area contributed by atoms with Gasteiger partial charge in [-0.25, -0.2) is 4.98 Å². The number of hydrogen-bond donors (Lipinski definition) is 0. The van der Waals surface area contributed by atoms with E-state index in [1.807, 2.05) is 6.07 Å². The molecule has 128 valence electrons. The first-order valence-electron chi connectivity index (χ1n) is 7.94. The Labute approximate surface area is 148 Å². The molecular weight excluding hydrogens is 326 g/mol. The molecule has 4 nitrogen and oxygen atoms in total. The van der Waals surface area contributed by atoms with Gasteiger partial charge in [-0.1, -0.05) is 43.2 Å². The molecule has 0 bridgehead atoms. The predicted molar refractivity (Wildman–Crippen MR) is 97.4 cm³/mol. The summed E-state index contributed by atoms with van der Waals surface area (Å²) in [7, 11) is 4.73. The van der Waals surface area contributed by atoms with Gasteiger partial charge in [0, 0.05) is 11.8 Å². The van der Waals surface area contributed by atoms with Crippen molar-refractivity contribution < 1.29 is 14.2 Å². The number of ether oxygens (including phenoxy) is 3. The van der Waals surface area contributed by atoms with Crippen LogP contribution in [0.15, 0.2) is 12.1 Å². The number of unbranched alkanes of at least 4 members (excludes halogenated alkanes) is 3. The Hall–Kier alpha value is -2.12. The van der Waals surface area contributed by atoms with Gasteiger partial charge in [0.25, 0.3) is 0 Å². The number of methoxy groups -OCH3 is 3. The van der Waals surface area contributed by atoms with Crippen molar-refractivity contribution in [3.8, 4) is 29.2 Å². The lowest BCUT2D eigenvalue weighted by molar-refractivity contribution is 0.384. The Balaban J connectivity index is 2.58. The first-order valence-corrected chi connectivity index (χ1v) is 8.32. The molecule has 0 radical (unpaired) electrons. The van der Waals surface area contributed by atoms with Crippen molar-refractivity contribution in [1.82, 2.24) is 4.98 Å². The number of nitrogens with zero attached hydrogens (tertiary/aromatic N) is 1. The number of hydrogen-bond acceptors (Lipinski definition) is 4. The van der Waals surface area contributed by atoms with E-state index in [-0.39, 0.29) is 0 Å². The molecule has 5 heteroatoms. The monoisotopic (exact) mass is 347 g/mol. The number of benzene rings is 1. The van der Waals surface area contributed by atoms with Gasteiger partial charge in [0.05, 0.1) is 21.3 Å². The summed E-state index contributed by atoms with van der Waals surface area (Å²) in [5.74, 6) is 7.90. The quantitative estimate of drug-likeness (QED) is 0.553. The van der Waals surface area contributed by atoms with Gasteiger partial charge in [-0.3, -0.25) is 0 Å². The van der Waals surface area contributed by atoms with Crippen LogP contribution >= 0.6 is 11.6 Å². The summed E-state index contributed by atoms with van der Waals surface area (Å²) < 4.78 is 16.2. The normalized spacial score (nSPS) is 10.2. The van der Waals surface area contributed by atoms with Crippen LogP contribution in [0.25, 0.3) is 10.9 Å². The Morgan fingerprint density at radius 2 is 1.88 bits per heavy atom. The lowest BCUT2D eigenvalue weighted by Crippen LogP contribution is -1.99. The molecule has 0 N–H and O–H groups in total. The Morgan fingerprint density at radius 3 is 2.50 bits per heavy atom. The summed E-state index contributed by atoms with van der Waals surface area (Å²) in [6, 6.07) is 3.66. The number of pyridine rings is 1. The zero-order valence-electron chi connectivity index (χ0n) is 14.5. The molecule has 2 rings (SSSR count). The van der Waals surface area contributed by atoms with Crippen molar-refractivity contribution in [3.63, 3.8) is 0 Å². The second kappa shape index (κ2) is 8.65. The molecule has 0 aliphatic carbocycles. The van der Waals surface area contributed by atoms with Crippen LogP contribution in [-0.4, -0.2) is 26.3 Å². The SMILES string of the molecule is CCCCCC#Cc1c(OC)nc2c(Cl)c(OC)ccc2c1OC. The molecule has 1 aromatic carbocycles. The highest BCUT2D eigenvalue weighted by Gasteiger charge is 2.18. The fraction of sp³-hybridized carbons (Fsp3) is 0.421. The van der Waals surface area contributed by atoms with E-state index >= 15 is 0 Å². The average molecular weight is 348 g/mol. The lowest BCUT2D eigenvalue weighted by Gasteiger charge is -2.13. The van der Waals surface area contributed by atoms with Gasteiger partial charge in [0.15, 0.2) is 0 Å². The predicted octanol–water partition coefficient (Wildman–Crippen LogP) is 4.85. The smallest absolute Gasteiger partial charge is 0.233 e. The zero-order valence-corrected chi connectivity index (χ0v) is 15.3. The number of aromatic nitrogens is 1. The van der Waals surface area contributed by atoms with Crippen LogP contribution in [0.1, 0.15) is 38.2 Å². The first kappa shape index (κ1) is 18.2. The summed E-state index contributed by atoms with van der Waals surface area (Å²) in [6.45, 7) is 2.17. The molecule has 0 aliphatic heterocycles. The van der Waals surface area contributed by atoms with Gasteiger partial charge < -0.3 is 14.2 Å². The third-order valence-electron chi connectivity index (χ3n) is 3.72. The molecule has 0 amide bonds. The third kappa shape index (κ3) is 3.68. The number of fused-ring (bicyclic) bond motifs is 1. The molecule has 2 aromatic rings.